The van der Waals surface area contributed by atoms with Crippen molar-refractivity contribution in [2.45, 2.75) is 0 Å². The van der Waals surface area contributed by atoms with Crippen LogP contribution in [0.15, 0.2) is 17.1 Å². The summed E-state index contributed by atoms with van der Waals surface area (Å²) in [4.78, 5) is 3.58. The Labute approximate surface area is 84.0 Å². The second-order valence-electron chi connectivity index (χ2n) is 2.59. The molecule has 1 aromatic rings. The van der Waals surface area contributed by atoms with Gasteiger partial charge in [-0.2, -0.15) is 0 Å². The number of hydrogen-bond acceptors (Lipinski definition) is 2. The van der Waals surface area contributed by atoms with E-state index >= 15 is 0 Å². The number of nitrogens with zero attached hydrogens (tertiary/aromatic N) is 1. The van der Waals surface area contributed by atoms with Gasteiger partial charge in [0.05, 0.1) is 5.69 Å². The normalized spacial score (nSPS) is 11.4. The first-order valence-electron chi connectivity index (χ1n) is 3.93. The topological polar surface area (TPSA) is 62.4 Å². The van der Waals surface area contributed by atoms with E-state index in [0.29, 0.717) is 12.1 Å². The summed E-state index contributed by atoms with van der Waals surface area (Å²) in [5.74, 6) is 1.69. The van der Waals surface area contributed by atoms with Gasteiger partial charge in [0, 0.05) is 19.2 Å². The first-order valence-corrected chi connectivity index (χ1v) is 3.93. The second-order valence-corrected chi connectivity index (χ2v) is 2.59. The van der Waals surface area contributed by atoms with Crippen molar-refractivity contribution in [1.29, 1.82) is 0 Å². The van der Waals surface area contributed by atoms with E-state index in [4.69, 9.17) is 5.84 Å². The molecule has 0 aliphatic heterocycles. The molecule has 0 aliphatic rings. The van der Waals surface area contributed by atoms with Crippen molar-refractivity contribution in [2.24, 2.45) is 10.8 Å². The summed E-state index contributed by atoms with van der Waals surface area (Å²) in [5.41, 5.74) is 1.86. The molecular weight excluding hydrogens is 209 g/mol. The number of rotatable bonds is 1. The van der Waals surface area contributed by atoms with Crippen LogP contribution in [0.3, 0.4) is 0 Å². The lowest BCUT2D eigenvalue weighted by atomic mass is 10.3. The molecule has 0 spiro atoms. The van der Waals surface area contributed by atoms with Crippen LogP contribution >= 0.6 is 0 Å². The van der Waals surface area contributed by atoms with Gasteiger partial charge in [0.25, 0.3) is 0 Å². The Morgan fingerprint density at radius 2 is 1.80 bits per heavy atom. The summed E-state index contributed by atoms with van der Waals surface area (Å²) in [5, 5.41) is 2.35. The van der Waals surface area contributed by atoms with Crippen molar-refractivity contribution in [3.8, 4) is 0 Å². The van der Waals surface area contributed by atoms with E-state index in [9.17, 15) is 13.2 Å². The summed E-state index contributed by atoms with van der Waals surface area (Å²) >= 11 is 0. The van der Waals surface area contributed by atoms with Gasteiger partial charge in [-0.15, -0.1) is 0 Å². The van der Waals surface area contributed by atoms with Crippen molar-refractivity contribution in [3.63, 3.8) is 0 Å². The summed E-state index contributed by atoms with van der Waals surface area (Å²) in [6.07, 6.45) is 0. The molecule has 0 aromatic heterocycles. The Bertz CT molecular complexity index is 392. The van der Waals surface area contributed by atoms with Gasteiger partial charge in [-0.25, -0.2) is 19.0 Å². The Morgan fingerprint density at radius 1 is 1.20 bits per heavy atom. The quantitative estimate of drug-likeness (QED) is 0.216. The van der Waals surface area contributed by atoms with Crippen LogP contribution in [0.4, 0.5) is 18.9 Å². The predicted molar refractivity (Wildman–Crippen MR) is 50.6 cm³/mol. The Kier molecular flexibility index (Phi) is 3.51. The molecule has 0 saturated carbocycles. The number of guanidine groups is 1. The molecule has 0 saturated heterocycles. The minimum Gasteiger partial charge on any atom is -0.323 e. The third-order valence-corrected chi connectivity index (χ3v) is 1.62. The van der Waals surface area contributed by atoms with Crippen LogP contribution in [0, 0.1) is 17.5 Å². The van der Waals surface area contributed by atoms with Gasteiger partial charge in [-0.1, -0.05) is 0 Å². The maximum Gasteiger partial charge on any atom is 0.210 e. The first-order chi connectivity index (χ1) is 7.08. The second kappa shape index (κ2) is 4.65. The number of hydrazine groups is 1. The van der Waals surface area contributed by atoms with Crippen molar-refractivity contribution in [3.05, 3.63) is 29.6 Å². The minimum absolute atomic E-state index is 0.0277. The molecule has 82 valence electrons. The minimum atomic E-state index is -1.26. The molecule has 4 nitrogen and oxygen atoms in total. The molecule has 4 N–H and O–H groups in total. The van der Waals surface area contributed by atoms with E-state index in [0.717, 1.165) is 0 Å². The number of hydrogen-bond donors (Lipinski definition) is 3. The van der Waals surface area contributed by atoms with Crippen molar-refractivity contribution >= 4 is 11.6 Å². The van der Waals surface area contributed by atoms with Crippen LogP contribution in [0.5, 0.6) is 0 Å². The molecule has 0 fully saturated rings. The number of benzene rings is 1. The Hall–Kier alpha value is -1.76. The molecule has 1 rings (SSSR count). The average molecular weight is 218 g/mol. The molecule has 0 amide bonds. The lowest BCUT2D eigenvalue weighted by molar-refractivity contribution is 0.496. The van der Waals surface area contributed by atoms with E-state index in [-0.39, 0.29) is 11.6 Å². The molecule has 0 unspecified atom stereocenters. The highest BCUT2D eigenvalue weighted by atomic mass is 19.2. The highest BCUT2D eigenvalue weighted by Gasteiger charge is 2.10. The maximum absolute atomic E-state index is 13.1. The molecule has 7 heteroatoms. The largest absolute Gasteiger partial charge is 0.323 e. The van der Waals surface area contributed by atoms with E-state index < -0.39 is 17.5 Å². The Balaban J connectivity index is 3.00. The number of halogens is 3. The van der Waals surface area contributed by atoms with E-state index in [1.54, 1.807) is 0 Å². The fraction of sp³-hybridized carbons (Fsp3) is 0.125. The Morgan fingerprint density at radius 3 is 2.33 bits per heavy atom. The van der Waals surface area contributed by atoms with Gasteiger partial charge >= 0.3 is 0 Å². The molecule has 0 atom stereocenters. The standard InChI is InChI=1S/C8H9F3N4/c1-13-8(15-12)14-7-3-5(10)4(9)2-6(7)11/h2-3H,12H2,1H3,(H2,13,14,15). The van der Waals surface area contributed by atoms with Crippen LogP contribution in [0.2, 0.25) is 0 Å². The van der Waals surface area contributed by atoms with Crippen molar-refractivity contribution < 1.29 is 13.2 Å². The third-order valence-electron chi connectivity index (χ3n) is 1.62. The number of nitrogens with one attached hydrogen (secondary N) is 2. The summed E-state index contributed by atoms with van der Waals surface area (Å²) < 4.78 is 38.4. The summed E-state index contributed by atoms with van der Waals surface area (Å²) in [7, 11) is 1.39. The van der Waals surface area contributed by atoms with Gasteiger partial charge < -0.3 is 5.32 Å². The van der Waals surface area contributed by atoms with Gasteiger partial charge in [0.1, 0.15) is 5.82 Å². The number of aliphatic imine (C=N–C) groups is 1. The van der Waals surface area contributed by atoms with Gasteiger partial charge in [0.2, 0.25) is 5.96 Å². The van der Waals surface area contributed by atoms with Gasteiger partial charge in [0.15, 0.2) is 11.6 Å². The van der Waals surface area contributed by atoms with E-state index in [1.165, 1.54) is 7.05 Å². The van der Waals surface area contributed by atoms with Gasteiger partial charge in [-0.05, 0) is 0 Å². The van der Waals surface area contributed by atoms with Crippen molar-refractivity contribution in [1.82, 2.24) is 5.43 Å². The highest BCUT2D eigenvalue weighted by Crippen LogP contribution is 2.17. The van der Waals surface area contributed by atoms with Crippen LogP contribution < -0.4 is 16.6 Å². The molecule has 0 heterocycles. The first kappa shape index (κ1) is 11.3. The zero-order valence-electron chi connectivity index (χ0n) is 7.81. The fourth-order valence-corrected chi connectivity index (χ4v) is 0.902. The van der Waals surface area contributed by atoms with E-state index in [1.807, 2.05) is 0 Å². The summed E-state index contributed by atoms with van der Waals surface area (Å²) in [6, 6.07) is 1.11. The van der Waals surface area contributed by atoms with Crippen molar-refractivity contribution in [2.75, 3.05) is 12.4 Å². The number of nitrogens with two attached hydrogens (primary N) is 1. The zero-order valence-corrected chi connectivity index (χ0v) is 7.81. The summed E-state index contributed by atoms with van der Waals surface area (Å²) in [6.45, 7) is 0. The molecule has 0 bridgehead atoms. The van der Waals surface area contributed by atoms with Crippen LogP contribution in [-0.4, -0.2) is 13.0 Å². The number of anilines is 1. The lowest BCUT2D eigenvalue weighted by Crippen LogP contribution is -2.36. The zero-order chi connectivity index (χ0) is 11.4. The van der Waals surface area contributed by atoms with Crippen LogP contribution in [0.1, 0.15) is 0 Å². The smallest absolute Gasteiger partial charge is 0.210 e. The molecule has 0 aliphatic carbocycles. The van der Waals surface area contributed by atoms with Crippen LogP contribution in [0.25, 0.3) is 0 Å². The maximum atomic E-state index is 13.1. The average Bonchev–Trinajstić information content (AvgIpc) is 2.21. The SMILES string of the molecule is CN=C(NN)Nc1cc(F)c(F)cc1F. The monoisotopic (exact) mass is 218 g/mol. The fourth-order valence-electron chi connectivity index (χ4n) is 0.902. The molecule has 1 aromatic carbocycles. The molecule has 0 radical (unpaired) electrons. The highest BCUT2D eigenvalue weighted by molar-refractivity contribution is 5.93. The lowest BCUT2D eigenvalue weighted by Gasteiger charge is -2.09. The van der Waals surface area contributed by atoms with Gasteiger partial charge in [-0.3, -0.25) is 10.4 Å². The van der Waals surface area contributed by atoms with E-state index in [2.05, 4.69) is 15.7 Å². The molecular formula is C8H9F3N4. The van der Waals surface area contributed by atoms with Crippen LogP contribution in [-0.2, 0) is 0 Å². The predicted octanol–water partition coefficient (Wildman–Crippen LogP) is 0.965. The molecule has 15 heavy (non-hydrogen) atoms. The third kappa shape index (κ3) is 2.59.